The Bertz CT molecular complexity index is 733. The maximum atomic E-state index is 12.2. The van der Waals surface area contributed by atoms with Crippen molar-refractivity contribution in [3.63, 3.8) is 0 Å². The summed E-state index contributed by atoms with van der Waals surface area (Å²) in [4.78, 5) is 20.6. The molecule has 2 rings (SSSR count). The van der Waals surface area contributed by atoms with Crippen molar-refractivity contribution in [1.29, 1.82) is 0 Å². The van der Waals surface area contributed by atoms with E-state index in [0.29, 0.717) is 41.9 Å². The largest absolute Gasteiger partial charge is 0.493 e. The van der Waals surface area contributed by atoms with Crippen molar-refractivity contribution in [2.75, 3.05) is 32.6 Å². The summed E-state index contributed by atoms with van der Waals surface area (Å²) in [6.45, 7) is 5.65. The number of carbonyl (C=O) groups is 1. The van der Waals surface area contributed by atoms with Crippen molar-refractivity contribution in [1.82, 2.24) is 15.3 Å². The molecular weight excluding hydrogens is 344 g/mol. The molecule has 2 aromatic rings. The van der Waals surface area contributed by atoms with Gasteiger partial charge in [-0.3, -0.25) is 4.79 Å². The lowest BCUT2D eigenvalue weighted by molar-refractivity contribution is 0.0953. The highest BCUT2D eigenvalue weighted by Gasteiger charge is 2.08. The first-order valence-electron chi connectivity index (χ1n) is 9.08. The highest BCUT2D eigenvalue weighted by molar-refractivity contribution is 5.93. The molecule has 0 saturated heterocycles. The summed E-state index contributed by atoms with van der Waals surface area (Å²) in [5.74, 6) is 2.33. The van der Waals surface area contributed by atoms with Crippen LogP contribution in [0.1, 0.15) is 36.2 Å². The van der Waals surface area contributed by atoms with Crippen LogP contribution in [0.15, 0.2) is 30.6 Å². The van der Waals surface area contributed by atoms with Crippen molar-refractivity contribution in [2.24, 2.45) is 5.92 Å². The number of benzene rings is 1. The van der Waals surface area contributed by atoms with E-state index in [1.165, 1.54) is 12.4 Å². The number of carbonyl (C=O) groups excluding carboxylic acids is 1. The van der Waals surface area contributed by atoms with E-state index in [-0.39, 0.29) is 5.91 Å². The van der Waals surface area contributed by atoms with Gasteiger partial charge in [0.15, 0.2) is 11.5 Å². The number of rotatable bonds is 10. The Morgan fingerprint density at radius 3 is 2.41 bits per heavy atom. The van der Waals surface area contributed by atoms with Crippen molar-refractivity contribution in [2.45, 2.75) is 26.7 Å². The van der Waals surface area contributed by atoms with Gasteiger partial charge in [0, 0.05) is 25.5 Å². The Balaban J connectivity index is 1.81. The maximum absolute atomic E-state index is 12.2. The van der Waals surface area contributed by atoms with E-state index in [2.05, 4.69) is 34.4 Å². The molecular formula is C20H28N4O3. The number of amides is 1. The third-order valence-electron chi connectivity index (χ3n) is 4.07. The fraction of sp³-hybridized carbons (Fsp3) is 0.450. The van der Waals surface area contributed by atoms with Gasteiger partial charge >= 0.3 is 0 Å². The number of aromatic nitrogens is 2. The highest BCUT2D eigenvalue weighted by Crippen LogP contribution is 2.27. The molecule has 1 aromatic carbocycles. The molecule has 1 aromatic heterocycles. The Labute approximate surface area is 160 Å². The summed E-state index contributed by atoms with van der Waals surface area (Å²) < 4.78 is 10.5. The lowest BCUT2D eigenvalue weighted by Crippen LogP contribution is -2.26. The molecule has 0 aliphatic carbocycles. The zero-order valence-electron chi connectivity index (χ0n) is 16.4. The Kier molecular flexibility index (Phi) is 7.85. The molecule has 2 N–H and O–H groups in total. The van der Waals surface area contributed by atoms with E-state index in [4.69, 9.17) is 9.47 Å². The third-order valence-corrected chi connectivity index (χ3v) is 4.07. The van der Waals surface area contributed by atoms with E-state index in [9.17, 15) is 4.79 Å². The number of nitrogens with zero attached hydrogens (tertiary/aromatic N) is 2. The Morgan fingerprint density at radius 1 is 1.07 bits per heavy atom. The summed E-state index contributed by atoms with van der Waals surface area (Å²) in [7, 11) is 3.20. The molecule has 0 bridgehead atoms. The topological polar surface area (TPSA) is 85.4 Å². The van der Waals surface area contributed by atoms with Gasteiger partial charge in [-0.15, -0.1) is 0 Å². The van der Waals surface area contributed by atoms with E-state index >= 15 is 0 Å². The SMILES string of the molecule is COc1ccc(CCNC(=O)c2cnc(NCCC(C)C)nc2)cc1OC. The van der Waals surface area contributed by atoms with Gasteiger partial charge in [0.1, 0.15) is 0 Å². The second-order valence-electron chi connectivity index (χ2n) is 6.60. The number of hydrogen-bond acceptors (Lipinski definition) is 6. The fourth-order valence-corrected chi connectivity index (χ4v) is 2.47. The summed E-state index contributed by atoms with van der Waals surface area (Å²) in [5, 5.41) is 6.03. The van der Waals surface area contributed by atoms with Gasteiger partial charge in [0.25, 0.3) is 5.91 Å². The summed E-state index contributed by atoms with van der Waals surface area (Å²) in [6.07, 6.45) is 4.80. The maximum Gasteiger partial charge on any atom is 0.254 e. The summed E-state index contributed by atoms with van der Waals surface area (Å²) in [5.41, 5.74) is 1.49. The zero-order chi connectivity index (χ0) is 19.6. The average molecular weight is 372 g/mol. The molecule has 0 aliphatic heterocycles. The standard InChI is InChI=1S/C20H28N4O3/c1-14(2)7-9-22-20-23-12-16(13-24-20)19(25)21-10-8-15-5-6-17(26-3)18(11-15)27-4/h5-6,11-14H,7-10H2,1-4H3,(H,21,25)(H,22,23,24). The van der Waals surface area contributed by atoms with Gasteiger partial charge in [0.05, 0.1) is 19.8 Å². The van der Waals surface area contributed by atoms with E-state index in [1.807, 2.05) is 18.2 Å². The van der Waals surface area contributed by atoms with Gasteiger partial charge < -0.3 is 20.1 Å². The lowest BCUT2D eigenvalue weighted by Gasteiger charge is -2.10. The highest BCUT2D eigenvalue weighted by atomic mass is 16.5. The lowest BCUT2D eigenvalue weighted by atomic mass is 10.1. The first-order chi connectivity index (χ1) is 13.0. The van der Waals surface area contributed by atoms with Gasteiger partial charge in [-0.05, 0) is 36.5 Å². The predicted octanol–water partition coefficient (Wildman–Crippen LogP) is 2.92. The molecule has 7 heteroatoms. The summed E-state index contributed by atoms with van der Waals surface area (Å²) >= 11 is 0. The molecule has 7 nitrogen and oxygen atoms in total. The van der Waals surface area contributed by atoms with Crippen LogP contribution >= 0.6 is 0 Å². The molecule has 0 radical (unpaired) electrons. The van der Waals surface area contributed by atoms with Gasteiger partial charge in [0.2, 0.25) is 5.95 Å². The van der Waals surface area contributed by atoms with E-state index < -0.39 is 0 Å². The minimum atomic E-state index is -0.191. The third kappa shape index (κ3) is 6.44. The molecule has 0 atom stereocenters. The van der Waals surface area contributed by atoms with E-state index in [0.717, 1.165) is 18.5 Å². The molecule has 0 spiro atoms. The van der Waals surface area contributed by atoms with E-state index in [1.54, 1.807) is 14.2 Å². The van der Waals surface area contributed by atoms with Gasteiger partial charge in [-0.2, -0.15) is 0 Å². The normalized spacial score (nSPS) is 10.6. The van der Waals surface area contributed by atoms with Crippen LogP contribution in [0.25, 0.3) is 0 Å². The molecule has 0 unspecified atom stereocenters. The van der Waals surface area contributed by atoms with Crippen LogP contribution in [-0.4, -0.2) is 43.2 Å². The van der Waals surface area contributed by atoms with Gasteiger partial charge in [-0.25, -0.2) is 9.97 Å². The minimum Gasteiger partial charge on any atom is -0.493 e. The van der Waals surface area contributed by atoms with Crippen LogP contribution in [0, 0.1) is 5.92 Å². The molecule has 1 amide bonds. The minimum absolute atomic E-state index is 0.191. The van der Waals surface area contributed by atoms with Crippen LogP contribution in [0.3, 0.4) is 0 Å². The Hall–Kier alpha value is -2.83. The number of hydrogen-bond donors (Lipinski definition) is 2. The number of ether oxygens (including phenoxy) is 2. The average Bonchev–Trinajstić information content (AvgIpc) is 2.68. The second-order valence-corrected chi connectivity index (χ2v) is 6.60. The first kappa shape index (κ1) is 20.5. The van der Waals surface area contributed by atoms with Crippen LogP contribution in [0.2, 0.25) is 0 Å². The van der Waals surface area contributed by atoms with Crippen molar-refractivity contribution in [3.05, 3.63) is 41.7 Å². The molecule has 146 valence electrons. The number of anilines is 1. The van der Waals surface area contributed by atoms with Crippen molar-refractivity contribution >= 4 is 11.9 Å². The van der Waals surface area contributed by atoms with Crippen molar-refractivity contribution < 1.29 is 14.3 Å². The molecule has 0 aliphatic rings. The van der Waals surface area contributed by atoms with Gasteiger partial charge in [-0.1, -0.05) is 19.9 Å². The second kappa shape index (κ2) is 10.4. The number of nitrogens with one attached hydrogen (secondary N) is 2. The Morgan fingerprint density at radius 2 is 1.78 bits per heavy atom. The molecule has 27 heavy (non-hydrogen) atoms. The van der Waals surface area contributed by atoms with Crippen LogP contribution in [0.4, 0.5) is 5.95 Å². The molecule has 1 heterocycles. The monoisotopic (exact) mass is 372 g/mol. The van der Waals surface area contributed by atoms with Crippen LogP contribution < -0.4 is 20.1 Å². The number of methoxy groups -OCH3 is 2. The first-order valence-corrected chi connectivity index (χ1v) is 9.08. The van der Waals surface area contributed by atoms with Crippen LogP contribution in [0.5, 0.6) is 11.5 Å². The van der Waals surface area contributed by atoms with Crippen LogP contribution in [-0.2, 0) is 6.42 Å². The molecule has 0 fully saturated rings. The van der Waals surface area contributed by atoms with Crippen molar-refractivity contribution in [3.8, 4) is 11.5 Å². The zero-order valence-corrected chi connectivity index (χ0v) is 16.4. The molecule has 0 saturated carbocycles. The quantitative estimate of drug-likeness (QED) is 0.667. The smallest absolute Gasteiger partial charge is 0.254 e. The predicted molar refractivity (Wildman–Crippen MR) is 106 cm³/mol. The fourth-order valence-electron chi connectivity index (χ4n) is 2.47. The summed E-state index contributed by atoms with van der Waals surface area (Å²) in [6, 6.07) is 5.72.